The van der Waals surface area contributed by atoms with Crippen LogP contribution in [0.25, 0.3) is 10.4 Å². The lowest BCUT2D eigenvalue weighted by Crippen LogP contribution is -2.60. The summed E-state index contributed by atoms with van der Waals surface area (Å²) in [5, 5.41) is 6.91. The second kappa shape index (κ2) is 20.3. The lowest BCUT2D eigenvalue weighted by Gasteiger charge is -2.47. The van der Waals surface area contributed by atoms with E-state index in [-0.39, 0.29) is 22.7 Å². The molecule has 0 aliphatic carbocycles. The van der Waals surface area contributed by atoms with E-state index in [1.165, 1.54) is 64.2 Å². The molecule has 0 fully saturated rings. The van der Waals surface area contributed by atoms with Crippen LogP contribution in [0, 0.1) is 0 Å². The molecule has 0 unspecified atom stereocenters. The monoisotopic (exact) mass is 671 g/mol. The van der Waals surface area contributed by atoms with Gasteiger partial charge in [0.25, 0.3) is 0 Å². The molecule has 3 atom stereocenters. The molecule has 0 aromatic heterocycles. The van der Waals surface area contributed by atoms with Crippen molar-refractivity contribution >= 4 is 22.7 Å². The Morgan fingerprint density at radius 2 is 1.16 bits per heavy atom. The van der Waals surface area contributed by atoms with Crippen molar-refractivity contribution in [1.29, 1.82) is 0 Å². The lowest BCUT2D eigenvalue weighted by atomic mass is 9.99. The first-order chi connectivity index (χ1) is 20.6. The number of unbranched alkanes of at least 4 members (excludes halogenated alkanes) is 11. The number of nitrogens with zero attached hydrogens (tertiary/aromatic N) is 3. The summed E-state index contributed by atoms with van der Waals surface area (Å²) in [7, 11) is -4.55. The first-order valence-electron chi connectivity index (χ1n) is 17.9. The van der Waals surface area contributed by atoms with Crippen molar-refractivity contribution in [2.45, 2.75) is 213 Å². The van der Waals surface area contributed by atoms with E-state index in [1.807, 2.05) is 20.8 Å². The quantitative estimate of drug-likeness (QED) is 0.0406. The van der Waals surface area contributed by atoms with Gasteiger partial charge in [-0.05, 0) is 69.0 Å². The molecule has 0 bridgehead atoms. The maximum atomic E-state index is 13.1. The van der Waals surface area contributed by atoms with Gasteiger partial charge in [-0.1, -0.05) is 131 Å². The molecule has 0 saturated carbocycles. The third kappa shape index (κ3) is 18.8. The molecule has 45 heavy (non-hydrogen) atoms. The minimum Gasteiger partial charge on any atom is -0.444 e. The predicted molar refractivity (Wildman–Crippen MR) is 197 cm³/mol. The summed E-state index contributed by atoms with van der Waals surface area (Å²) in [4.78, 5) is 16.1. The summed E-state index contributed by atoms with van der Waals surface area (Å²) in [5.74, 6) is 0. The number of carbonyl (C=O) groups excluding carboxylic acids is 1. The summed E-state index contributed by atoms with van der Waals surface area (Å²) in [6.45, 7) is 30.3. The van der Waals surface area contributed by atoms with Crippen LogP contribution < -0.4 is 5.32 Å². The third-order valence-corrected chi connectivity index (χ3v) is 18.6. The molecular formula is C35H74N4O4Si2. The van der Waals surface area contributed by atoms with E-state index in [2.05, 4.69) is 90.0 Å². The summed E-state index contributed by atoms with van der Waals surface area (Å²) >= 11 is 0. The number of hydrogen-bond acceptors (Lipinski definition) is 5. The maximum Gasteiger partial charge on any atom is 0.407 e. The van der Waals surface area contributed by atoms with Gasteiger partial charge in [-0.3, -0.25) is 0 Å². The van der Waals surface area contributed by atoms with Crippen molar-refractivity contribution in [3.63, 3.8) is 0 Å². The molecule has 0 radical (unpaired) electrons. The van der Waals surface area contributed by atoms with Crippen LogP contribution in [0.2, 0.25) is 36.3 Å². The van der Waals surface area contributed by atoms with E-state index in [0.717, 1.165) is 19.3 Å². The molecule has 0 aromatic rings. The fourth-order valence-corrected chi connectivity index (χ4v) is 7.49. The normalized spacial score (nSPS) is 15.2. The number of nitrogens with one attached hydrogen (secondary N) is 1. The number of azide groups is 1. The predicted octanol–water partition coefficient (Wildman–Crippen LogP) is 12.1. The highest BCUT2D eigenvalue weighted by Crippen LogP contribution is 2.41. The molecule has 8 nitrogen and oxygen atoms in total. The fourth-order valence-electron chi connectivity index (χ4n) is 4.78. The maximum absolute atomic E-state index is 13.1. The number of amides is 1. The summed E-state index contributed by atoms with van der Waals surface area (Å²) in [5.41, 5.74) is 8.64. The molecule has 0 aliphatic heterocycles. The van der Waals surface area contributed by atoms with Gasteiger partial charge in [0.05, 0.1) is 18.2 Å². The average Bonchev–Trinajstić information content (AvgIpc) is 2.87. The second-order valence-electron chi connectivity index (χ2n) is 17.1. The van der Waals surface area contributed by atoms with Crippen LogP contribution in [0.3, 0.4) is 0 Å². The smallest absolute Gasteiger partial charge is 0.407 e. The third-order valence-electron chi connectivity index (χ3n) is 9.64. The van der Waals surface area contributed by atoms with Crippen molar-refractivity contribution in [2.24, 2.45) is 5.11 Å². The Labute approximate surface area is 280 Å². The highest BCUT2D eigenvalue weighted by Gasteiger charge is 2.47. The summed E-state index contributed by atoms with van der Waals surface area (Å²) < 4.78 is 20.0. The van der Waals surface area contributed by atoms with E-state index in [4.69, 9.17) is 13.6 Å². The molecule has 0 rings (SSSR count). The highest BCUT2D eigenvalue weighted by molar-refractivity contribution is 6.74. The van der Waals surface area contributed by atoms with E-state index < -0.39 is 40.5 Å². The largest absolute Gasteiger partial charge is 0.444 e. The number of ether oxygens (including phenoxy) is 1. The first-order valence-corrected chi connectivity index (χ1v) is 23.8. The zero-order valence-electron chi connectivity index (χ0n) is 32.1. The zero-order chi connectivity index (χ0) is 35.0. The second-order valence-corrected chi connectivity index (χ2v) is 26.6. The lowest BCUT2D eigenvalue weighted by molar-refractivity contribution is 0.00126. The summed E-state index contributed by atoms with van der Waals surface area (Å²) in [6, 6.07) is -0.586. The molecule has 1 N–H and O–H groups in total. The van der Waals surface area contributed by atoms with E-state index in [9.17, 15) is 10.3 Å². The van der Waals surface area contributed by atoms with Gasteiger partial charge in [0, 0.05) is 11.5 Å². The van der Waals surface area contributed by atoms with Crippen LogP contribution in [0.15, 0.2) is 5.11 Å². The standard InChI is InChI=1S/C35H74N4O4Si2/c1-15-16-17-18-19-20-21-22-23-24-25-26-27-30(42-44(11,12)34(5,6)7)31(43-45(13,14)35(8,9)10)29(28-37-39-36)38-32(40)41-33(2,3)4/h29-31H,15-28H2,1-14H3,(H,38,40)/t29-,30+,31-/m0/s1. The van der Waals surface area contributed by atoms with Gasteiger partial charge in [0.2, 0.25) is 0 Å². The Hall–Kier alpha value is -1.07. The SMILES string of the molecule is CCCCCCCCCCCCCC[C@@H](O[Si](C)(C)C(C)(C)C)[C@@H](O[Si](C)(C)C(C)(C)C)[C@H](CN=[N+]=[N-])NC(=O)OC(C)(C)C. The Balaban J connectivity index is 6.04. The van der Waals surface area contributed by atoms with Gasteiger partial charge >= 0.3 is 6.09 Å². The van der Waals surface area contributed by atoms with Gasteiger partial charge in [-0.2, -0.15) is 0 Å². The molecule has 0 spiro atoms. The van der Waals surface area contributed by atoms with Crippen LogP contribution in [0.1, 0.15) is 153 Å². The minimum absolute atomic E-state index is 0.00219. The van der Waals surface area contributed by atoms with E-state index >= 15 is 0 Å². The molecule has 0 saturated heterocycles. The minimum atomic E-state index is -2.33. The number of alkyl carbamates (subject to hydrolysis) is 1. The van der Waals surface area contributed by atoms with Crippen LogP contribution in [0.4, 0.5) is 4.79 Å². The Kier molecular flexibility index (Phi) is 19.9. The Morgan fingerprint density at radius 1 is 0.733 bits per heavy atom. The number of hydrogen-bond donors (Lipinski definition) is 1. The van der Waals surface area contributed by atoms with E-state index in [0.29, 0.717) is 0 Å². The highest BCUT2D eigenvalue weighted by atomic mass is 28.4. The Morgan fingerprint density at radius 3 is 1.56 bits per heavy atom. The fraction of sp³-hybridized carbons (Fsp3) is 0.971. The number of rotatable bonds is 22. The van der Waals surface area contributed by atoms with Crippen molar-refractivity contribution in [3.8, 4) is 0 Å². The molecule has 0 heterocycles. The number of carbonyl (C=O) groups is 1. The van der Waals surface area contributed by atoms with E-state index in [1.54, 1.807) is 0 Å². The van der Waals surface area contributed by atoms with Gasteiger partial charge in [-0.25, -0.2) is 4.79 Å². The van der Waals surface area contributed by atoms with Crippen LogP contribution in [0.5, 0.6) is 0 Å². The van der Waals surface area contributed by atoms with Gasteiger partial charge < -0.3 is 18.9 Å². The van der Waals surface area contributed by atoms with Gasteiger partial charge in [0.15, 0.2) is 16.6 Å². The van der Waals surface area contributed by atoms with Crippen molar-refractivity contribution in [1.82, 2.24) is 5.32 Å². The summed E-state index contributed by atoms with van der Waals surface area (Å²) in [6.07, 6.45) is 15.0. The molecule has 0 aliphatic rings. The first kappa shape index (κ1) is 43.9. The average molecular weight is 671 g/mol. The van der Waals surface area contributed by atoms with Crippen molar-refractivity contribution < 1.29 is 18.4 Å². The Bertz CT molecular complexity index is 872. The molecule has 1 amide bonds. The topological polar surface area (TPSA) is 106 Å². The molecule has 10 heteroatoms. The molecular weight excluding hydrogens is 597 g/mol. The van der Waals surface area contributed by atoms with Crippen molar-refractivity contribution in [3.05, 3.63) is 10.4 Å². The van der Waals surface area contributed by atoms with Crippen LogP contribution in [-0.2, 0) is 13.6 Å². The van der Waals surface area contributed by atoms with Gasteiger partial charge in [0.1, 0.15) is 5.60 Å². The zero-order valence-corrected chi connectivity index (χ0v) is 34.1. The van der Waals surface area contributed by atoms with Crippen LogP contribution in [-0.4, -0.2) is 53.1 Å². The van der Waals surface area contributed by atoms with Gasteiger partial charge in [-0.15, -0.1) is 0 Å². The molecule has 0 aromatic carbocycles. The van der Waals surface area contributed by atoms with Crippen LogP contribution >= 0.6 is 0 Å². The van der Waals surface area contributed by atoms with Crippen molar-refractivity contribution in [2.75, 3.05) is 6.54 Å². The molecule has 266 valence electrons.